The zero-order valence-electron chi connectivity index (χ0n) is 19.8. The maximum Gasteiger partial charge on any atom is 0.411 e. The average molecular weight is 475 g/mol. The lowest BCUT2D eigenvalue weighted by Crippen LogP contribution is -2.38. The van der Waals surface area contributed by atoms with Gasteiger partial charge in [-0.05, 0) is 41.5 Å². The second kappa shape index (κ2) is 9.71. The van der Waals surface area contributed by atoms with Crippen LogP contribution in [-0.4, -0.2) is 25.8 Å². The van der Waals surface area contributed by atoms with E-state index in [2.05, 4.69) is 70.9 Å². The first-order valence-electron chi connectivity index (χ1n) is 12.2. The largest absolute Gasteiger partial charge is 0.449 e. The topological polar surface area (TPSA) is 41.6 Å². The highest BCUT2D eigenvalue weighted by molar-refractivity contribution is 6.35. The molecule has 1 amide bonds. The number of carbonyl (C=O) groups is 1. The minimum absolute atomic E-state index is 0.182. The van der Waals surface area contributed by atoms with Crippen LogP contribution in [-0.2, 0) is 4.74 Å². The van der Waals surface area contributed by atoms with Gasteiger partial charge in [0.1, 0.15) is 0 Å². The van der Waals surface area contributed by atoms with E-state index in [4.69, 9.17) is 16.3 Å². The van der Waals surface area contributed by atoms with E-state index in [0.717, 1.165) is 31.5 Å². The van der Waals surface area contributed by atoms with Crippen LogP contribution in [0.3, 0.4) is 0 Å². The number of nitrogens with zero attached hydrogens (tertiary/aromatic N) is 1. The molecule has 5 heteroatoms. The van der Waals surface area contributed by atoms with Gasteiger partial charge in [-0.15, -0.1) is 0 Å². The van der Waals surface area contributed by atoms with Gasteiger partial charge < -0.3 is 9.64 Å². The van der Waals surface area contributed by atoms with Crippen molar-refractivity contribution in [3.05, 3.63) is 94.0 Å². The second-order valence-corrected chi connectivity index (χ2v) is 10.1. The Morgan fingerprint density at radius 1 is 1.00 bits per heavy atom. The van der Waals surface area contributed by atoms with Gasteiger partial charge in [-0.3, -0.25) is 5.32 Å². The monoisotopic (exact) mass is 474 g/mol. The molecule has 2 atom stereocenters. The van der Waals surface area contributed by atoms with Crippen LogP contribution in [0.2, 0.25) is 5.02 Å². The smallest absolute Gasteiger partial charge is 0.411 e. The highest BCUT2D eigenvalue weighted by Gasteiger charge is 2.37. The number of carbonyl (C=O) groups excluding carboxylic acids is 1. The molecule has 0 spiro atoms. The number of amides is 1. The van der Waals surface area contributed by atoms with Crippen molar-refractivity contribution in [2.45, 2.75) is 38.5 Å². The van der Waals surface area contributed by atoms with E-state index < -0.39 is 6.09 Å². The van der Waals surface area contributed by atoms with Crippen LogP contribution in [0.1, 0.15) is 60.8 Å². The molecule has 2 heterocycles. The third-order valence-corrected chi connectivity index (χ3v) is 7.31. The van der Waals surface area contributed by atoms with Crippen molar-refractivity contribution in [2.75, 3.05) is 29.9 Å². The predicted molar refractivity (Wildman–Crippen MR) is 139 cm³/mol. The third kappa shape index (κ3) is 4.39. The van der Waals surface area contributed by atoms with Crippen LogP contribution in [0, 0.1) is 5.92 Å². The summed E-state index contributed by atoms with van der Waals surface area (Å²) < 4.78 is 5.42. The molecule has 34 heavy (non-hydrogen) atoms. The molecule has 0 saturated heterocycles. The van der Waals surface area contributed by atoms with Gasteiger partial charge >= 0.3 is 6.09 Å². The van der Waals surface area contributed by atoms with Crippen LogP contribution in [0.4, 0.5) is 16.2 Å². The van der Waals surface area contributed by atoms with E-state index in [1.807, 2.05) is 19.9 Å². The molecule has 176 valence electrons. The van der Waals surface area contributed by atoms with Crippen LogP contribution in [0.5, 0.6) is 0 Å². The average Bonchev–Trinajstić information content (AvgIpc) is 2.86. The summed E-state index contributed by atoms with van der Waals surface area (Å²) in [6.07, 6.45) is 1.57. The van der Waals surface area contributed by atoms with Gasteiger partial charge in [-0.2, -0.15) is 0 Å². The summed E-state index contributed by atoms with van der Waals surface area (Å²) in [5.74, 6) is 0.705. The lowest BCUT2D eigenvalue weighted by Gasteiger charge is -2.44. The molecule has 2 unspecified atom stereocenters. The molecule has 0 radical (unpaired) electrons. The quantitative estimate of drug-likeness (QED) is 0.418. The van der Waals surface area contributed by atoms with E-state index in [0.29, 0.717) is 17.3 Å². The summed E-state index contributed by atoms with van der Waals surface area (Å²) in [5, 5.41) is 3.58. The first kappa shape index (κ1) is 22.8. The number of anilines is 2. The van der Waals surface area contributed by atoms with Gasteiger partial charge in [0.15, 0.2) is 0 Å². The molecule has 5 rings (SSSR count). The molecule has 4 nitrogen and oxygen atoms in total. The van der Waals surface area contributed by atoms with Crippen molar-refractivity contribution in [1.82, 2.24) is 0 Å². The fourth-order valence-electron chi connectivity index (χ4n) is 5.36. The van der Waals surface area contributed by atoms with Gasteiger partial charge in [-0.1, -0.05) is 86.1 Å². The van der Waals surface area contributed by atoms with E-state index in [-0.39, 0.29) is 17.8 Å². The third-order valence-electron chi connectivity index (χ3n) is 6.91. The zero-order chi connectivity index (χ0) is 23.7. The van der Waals surface area contributed by atoms with Crippen molar-refractivity contribution in [2.24, 2.45) is 5.92 Å². The molecule has 0 aromatic heterocycles. The first-order valence-corrected chi connectivity index (χ1v) is 12.6. The fraction of sp³-hybridized carbons (Fsp3) is 0.345. The molecule has 0 fully saturated rings. The molecule has 3 aromatic carbocycles. The molecule has 0 aliphatic carbocycles. The van der Waals surface area contributed by atoms with E-state index in [1.165, 1.54) is 22.4 Å². The van der Waals surface area contributed by atoms with Crippen LogP contribution < -0.4 is 10.2 Å². The number of halogens is 1. The molecule has 1 N–H and O–H groups in total. The van der Waals surface area contributed by atoms with Crippen molar-refractivity contribution < 1.29 is 9.53 Å². The van der Waals surface area contributed by atoms with E-state index >= 15 is 0 Å². The molecular formula is C29H31ClN2O2. The minimum atomic E-state index is -0.459. The summed E-state index contributed by atoms with van der Waals surface area (Å²) >= 11 is 7.09. The Kier molecular flexibility index (Phi) is 6.51. The normalized spacial score (nSPS) is 19.0. The lowest BCUT2D eigenvalue weighted by atomic mass is 9.76. The van der Waals surface area contributed by atoms with E-state index in [1.54, 1.807) is 0 Å². The van der Waals surface area contributed by atoms with Gasteiger partial charge in [0.2, 0.25) is 0 Å². The van der Waals surface area contributed by atoms with Crippen LogP contribution in [0.25, 0.3) is 0 Å². The number of nitrogens with one attached hydrogen (secondary N) is 1. The number of hydrogen-bond donors (Lipinski definition) is 1. The Hall–Kier alpha value is -2.98. The molecule has 2 aliphatic heterocycles. The highest BCUT2D eigenvalue weighted by atomic mass is 35.5. The summed E-state index contributed by atoms with van der Waals surface area (Å²) in [5.41, 5.74) is 6.78. The molecule has 0 bridgehead atoms. The Labute approximate surface area is 206 Å². The maximum absolute atomic E-state index is 12.6. The van der Waals surface area contributed by atoms with Gasteiger partial charge in [0, 0.05) is 36.2 Å². The SMILES string of the molecule is CC(C)COC(=O)Nc1cc2c3c(c1Cl)C(c1ccccc1)CCN3CCC2c1ccccc1. The molecule has 0 saturated carbocycles. The molecule has 2 aliphatic rings. The number of ether oxygens (including phenoxy) is 1. The van der Waals surface area contributed by atoms with Crippen molar-refractivity contribution in [3.63, 3.8) is 0 Å². The molecule has 3 aromatic rings. The fourth-order valence-corrected chi connectivity index (χ4v) is 5.69. The Balaban J connectivity index is 1.64. The standard InChI is InChI=1S/C29H31ClN2O2/c1-19(2)18-34-29(33)31-25-17-24-22(20-9-5-3-6-10-20)13-15-32-16-14-23(21-11-7-4-8-12-21)26(27(25)30)28(24)32/h3-12,17,19,22-23H,13-16,18H2,1-2H3,(H,31,33). The Morgan fingerprint density at radius 3 is 2.21 bits per heavy atom. The summed E-state index contributed by atoms with van der Waals surface area (Å²) in [7, 11) is 0. The van der Waals surface area contributed by atoms with Crippen LogP contribution in [0.15, 0.2) is 66.7 Å². The van der Waals surface area contributed by atoms with E-state index in [9.17, 15) is 4.79 Å². The van der Waals surface area contributed by atoms with Crippen LogP contribution >= 0.6 is 11.6 Å². The Morgan fingerprint density at radius 2 is 1.59 bits per heavy atom. The van der Waals surface area contributed by atoms with Gasteiger partial charge in [0.05, 0.1) is 17.3 Å². The number of hydrogen-bond acceptors (Lipinski definition) is 3. The highest BCUT2D eigenvalue weighted by Crippen LogP contribution is 2.53. The van der Waals surface area contributed by atoms with Crippen molar-refractivity contribution >= 4 is 29.1 Å². The van der Waals surface area contributed by atoms with Crippen molar-refractivity contribution in [1.29, 1.82) is 0 Å². The summed E-state index contributed by atoms with van der Waals surface area (Å²) in [6.45, 7) is 6.41. The van der Waals surface area contributed by atoms with Crippen molar-refractivity contribution in [3.8, 4) is 0 Å². The summed E-state index contributed by atoms with van der Waals surface area (Å²) in [4.78, 5) is 15.1. The predicted octanol–water partition coefficient (Wildman–Crippen LogP) is 7.42. The number of benzene rings is 3. The second-order valence-electron chi connectivity index (χ2n) is 9.70. The maximum atomic E-state index is 12.6. The summed E-state index contributed by atoms with van der Waals surface area (Å²) in [6, 6.07) is 23.3. The van der Waals surface area contributed by atoms with Gasteiger partial charge in [0.25, 0.3) is 0 Å². The Bertz CT molecular complexity index is 1160. The minimum Gasteiger partial charge on any atom is -0.449 e. The lowest BCUT2D eigenvalue weighted by molar-refractivity contribution is 0.147. The van der Waals surface area contributed by atoms with Gasteiger partial charge in [-0.25, -0.2) is 4.79 Å². The number of rotatable bonds is 5. The zero-order valence-corrected chi connectivity index (χ0v) is 20.5. The first-order chi connectivity index (χ1) is 16.5. The molecular weight excluding hydrogens is 444 g/mol.